The number of hydrogen-bond donors (Lipinski definition) is 0. The van der Waals surface area contributed by atoms with Crippen LogP contribution in [0.1, 0.15) is 124 Å². The molecule has 0 aliphatic heterocycles. The van der Waals surface area contributed by atoms with Crippen molar-refractivity contribution in [3.8, 4) is 0 Å². The zero-order chi connectivity index (χ0) is 20.9. The molecule has 2 unspecified atom stereocenters. The largest absolute Gasteiger partial charge is 0.465 e. The summed E-state index contributed by atoms with van der Waals surface area (Å²) in [5.74, 6) is 4.16. The van der Waals surface area contributed by atoms with Gasteiger partial charge in [-0.2, -0.15) is 0 Å². The van der Waals surface area contributed by atoms with E-state index in [0.29, 0.717) is 29.8 Å². The molecule has 0 radical (unpaired) electrons. The summed E-state index contributed by atoms with van der Waals surface area (Å²) < 4.78 is 5.56. The van der Waals surface area contributed by atoms with Crippen LogP contribution in [0.25, 0.3) is 0 Å². The summed E-state index contributed by atoms with van der Waals surface area (Å²) in [6.07, 6.45) is 19.4. The Morgan fingerprint density at radius 3 is 1.86 bits per heavy atom. The molecule has 0 heterocycles. The highest BCUT2D eigenvalue weighted by atomic mass is 32.2. The minimum absolute atomic E-state index is 0.0315. The van der Waals surface area contributed by atoms with E-state index in [1.165, 1.54) is 95.0 Å². The van der Waals surface area contributed by atoms with Crippen LogP contribution in [-0.4, -0.2) is 29.8 Å². The molecule has 0 bridgehead atoms. The lowest BCUT2D eigenvalue weighted by Crippen LogP contribution is -2.20. The highest BCUT2D eigenvalue weighted by molar-refractivity contribution is 7.96. The zero-order valence-corrected chi connectivity index (χ0v) is 20.6. The second-order valence-corrected chi connectivity index (χ2v) is 11.0. The first-order valence-electron chi connectivity index (χ1n) is 12.5. The smallest absolute Gasteiger partial charge is 0.310 e. The van der Waals surface area contributed by atoms with Crippen molar-refractivity contribution in [2.24, 2.45) is 5.92 Å². The summed E-state index contributed by atoms with van der Waals surface area (Å²) in [7, 11) is 0.414. The van der Waals surface area contributed by atoms with Crippen molar-refractivity contribution in [2.75, 3.05) is 23.9 Å². The maximum Gasteiger partial charge on any atom is 0.310 e. The van der Waals surface area contributed by atoms with Crippen molar-refractivity contribution in [1.29, 1.82) is 0 Å². The summed E-state index contributed by atoms with van der Waals surface area (Å²) in [6, 6.07) is 0. The van der Waals surface area contributed by atoms with E-state index in [9.17, 15) is 4.79 Å². The van der Waals surface area contributed by atoms with Crippen molar-refractivity contribution in [3.05, 3.63) is 0 Å². The molecule has 0 N–H and O–H groups in total. The SMILES string of the molecule is CCCCCCCCCCCC[S+](CC)CCC(=O)OCC(CC)CCCC. The Hall–Kier alpha value is -0.180. The van der Waals surface area contributed by atoms with Gasteiger partial charge in [-0.25, -0.2) is 0 Å². The molecule has 0 rings (SSSR count). The summed E-state index contributed by atoms with van der Waals surface area (Å²) in [6.45, 7) is 9.62. The molecular formula is C25H51O2S+. The van der Waals surface area contributed by atoms with Crippen LogP contribution in [0.2, 0.25) is 0 Å². The molecule has 0 aliphatic rings. The monoisotopic (exact) mass is 415 g/mol. The van der Waals surface area contributed by atoms with Gasteiger partial charge >= 0.3 is 5.97 Å². The zero-order valence-electron chi connectivity index (χ0n) is 19.7. The van der Waals surface area contributed by atoms with Gasteiger partial charge in [-0.15, -0.1) is 0 Å². The molecule has 2 atom stereocenters. The lowest BCUT2D eigenvalue weighted by atomic mass is 10.0. The second-order valence-electron chi connectivity index (χ2n) is 8.34. The second kappa shape index (κ2) is 21.5. The summed E-state index contributed by atoms with van der Waals surface area (Å²) >= 11 is 0. The average Bonchev–Trinajstić information content (AvgIpc) is 2.71. The Morgan fingerprint density at radius 2 is 1.32 bits per heavy atom. The number of ether oxygens (including phenoxy) is 1. The number of carbonyl (C=O) groups excluding carboxylic acids is 1. The van der Waals surface area contributed by atoms with Crippen LogP contribution >= 0.6 is 0 Å². The fourth-order valence-corrected chi connectivity index (χ4v) is 5.44. The van der Waals surface area contributed by atoms with Gasteiger partial charge in [0.2, 0.25) is 0 Å². The molecule has 0 fully saturated rings. The predicted octanol–water partition coefficient (Wildman–Crippen LogP) is 7.70. The average molecular weight is 416 g/mol. The predicted molar refractivity (Wildman–Crippen MR) is 128 cm³/mol. The van der Waals surface area contributed by atoms with Crippen LogP contribution in [0, 0.1) is 5.92 Å². The van der Waals surface area contributed by atoms with Crippen molar-refractivity contribution in [1.82, 2.24) is 0 Å². The standard InChI is InChI=1S/C25H51O2S/c1-5-9-11-12-13-14-15-16-17-18-21-28(8-4)22-20-25(26)27-23-24(7-3)19-10-6-2/h24H,5-23H2,1-4H3/q+1. The van der Waals surface area contributed by atoms with E-state index in [-0.39, 0.29) is 5.97 Å². The molecule has 168 valence electrons. The minimum atomic E-state index is 0.0315. The minimum Gasteiger partial charge on any atom is -0.465 e. The van der Waals surface area contributed by atoms with Crippen molar-refractivity contribution < 1.29 is 9.53 Å². The molecule has 3 heteroatoms. The lowest BCUT2D eigenvalue weighted by Gasteiger charge is -2.14. The molecule has 28 heavy (non-hydrogen) atoms. The molecule has 0 saturated heterocycles. The van der Waals surface area contributed by atoms with E-state index < -0.39 is 0 Å². The van der Waals surface area contributed by atoms with Gasteiger partial charge < -0.3 is 4.74 Å². The molecule has 0 aromatic rings. The number of carbonyl (C=O) groups is 1. The van der Waals surface area contributed by atoms with Gasteiger partial charge in [0.1, 0.15) is 17.3 Å². The highest BCUT2D eigenvalue weighted by Crippen LogP contribution is 2.14. The van der Waals surface area contributed by atoms with E-state index in [0.717, 1.165) is 12.2 Å². The fraction of sp³-hybridized carbons (Fsp3) is 0.960. The summed E-state index contributed by atoms with van der Waals surface area (Å²) in [4.78, 5) is 12.1. The molecule has 2 nitrogen and oxygen atoms in total. The highest BCUT2D eigenvalue weighted by Gasteiger charge is 2.18. The summed E-state index contributed by atoms with van der Waals surface area (Å²) in [5.41, 5.74) is 0. The third-order valence-electron chi connectivity index (χ3n) is 5.81. The Labute approximate surface area is 180 Å². The van der Waals surface area contributed by atoms with Crippen molar-refractivity contribution >= 4 is 16.9 Å². The van der Waals surface area contributed by atoms with Gasteiger partial charge in [-0.1, -0.05) is 91.4 Å². The first-order chi connectivity index (χ1) is 13.7. The molecule has 0 aromatic heterocycles. The van der Waals surface area contributed by atoms with Crippen LogP contribution in [0.5, 0.6) is 0 Å². The van der Waals surface area contributed by atoms with Crippen molar-refractivity contribution in [3.63, 3.8) is 0 Å². The number of esters is 1. The van der Waals surface area contributed by atoms with Gasteiger partial charge in [-0.3, -0.25) is 4.79 Å². The van der Waals surface area contributed by atoms with E-state index in [2.05, 4.69) is 27.7 Å². The Morgan fingerprint density at radius 1 is 0.750 bits per heavy atom. The molecule has 0 saturated carbocycles. The molecule has 0 amide bonds. The van der Waals surface area contributed by atoms with Crippen LogP contribution < -0.4 is 0 Å². The normalized spacial score (nSPS) is 13.4. The Bertz CT molecular complexity index is 333. The third-order valence-corrected chi connectivity index (χ3v) is 8.28. The molecular weight excluding hydrogens is 364 g/mol. The first kappa shape index (κ1) is 27.8. The van der Waals surface area contributed by atoms with E-state index in [4.69, 9.17) is 4.74 Å². The quantitative estimate of drug-likeness (QED) is 0.109. The van der Waals surface area contributed by atoms with E-state index in [1.807, 2.05) is 0 Å². The molecule has 0 aromatic carbocycles. The number of hydrogen-bond acceptors (Lipinski definition) is 2. The summed E-state index contributed by atoms with van der Waals surface area (Å²) in [5, 5.41) is 0. The van der Waals surface area contributed by atoms with Gasteiger partial charge in [0, 0.05) is 0 Å². The first-order valence-corrected chi connectivity index (χ1v) is 14.2. The topological polar surface area (TPSA) is 26.3 Å². The van der Waals surface area contributed by atoms with E-state index in [1.54, 1.807) is 0 Å². The van der Waals surface area contributed by atoms with E-state index >= 15 is 0 Å². The van der Waals surface area contributed by atoms with Gasteiger partial charge in [0.25, 0.3) is 0 Å². The fourth-order valence-electron chi connectivity index (χ4n) is 3.59. The number of rotatable bonds is 21. The van der Waals surface area contributed by atoms with Crippen LogP contribution in [0.3, 0.4) is 0 Å². The molecule has 0 spiro atoms. The van der Waals surface area contributed by atoms with Crippen LogP contribution in [0.4, 0.5) is 0 Å². The van der Waals surface area contributed by atoms with Gasteiger partial charge in [0.15, 0.2) is 0 Å². The van der Waals surface area contributed by atoms with Crippen LogP contribution in [-0.2, 0) is 20.4 Å². The third kappa shape index (κ3) is 17.9. The van der Waals surface area contributed by atoms with Crippen molar-refractivity contribution in [2.45, 2.75) is 124 Å². The van der Waals surface area contributed by atoms with Gasteiger partial charge in [0.05, 0.1) is 13.0 Å². The Balaban J connectivity index is 3.65. The maximum atomic E-state index is 12.1. The number of unbranched alkanes of at least 4 members (excludes halogenated alkanes) is 10. The molecule has 0 aliphatic carbocycles. The maximum absolute atomic E-state index is 12.1. The lowest BCUT2D eigenvalue weighted by molar-refractivity contribution is -0.144. The Kier molecular flexibility index (Phi) is 21.4. The van der Waals surface area contributed by atoms with Gasteiger partial charge in [-0.05, 0) is 43.0 Å². The van der Waals surface area contributed by atoms with Crippen LogP contribution in [0.15, 0.2) is 0 Å².